The summed E-state index contributed by atoms with van der Waals surface area (Å²) >= 11 is 0. The number of para-hydroxylation sites is 1. The van der Waals surface area contributed by atoms with Crippen molar-refractivity contribution in [3.8, 4) is 0 Å². The quantitative estimate of drug-likeness (QED) is 0.499. The summed E-state index contributed by atoms with van der Waals surface area (Å²) in [6.07, 6.45) is 1.74. The topological polar surface area (TPSA) is 116 Å². The van der Waals surface area contributed by atoms with Crippen molar-refractivity contribution in [2.45, 2.75) is 26.0 Å². The SMILES string of the molecule is Cc1cccc2c(=O)[nH]c(COC(=O)[C@H](Cc3ccccc3)n3cnnn3)nc12. The van der Waals surface area contributed by atoms with Gasteiger partial charge >= 0.3 is 5.97 Å². The summed E-state index contributed by atoms with van der Waals surface area (Å²) in [5.41, 5.74) is 2.13. The van der Waals surface area contributed by atoms with Crippen molar-refractivity contribution in [2.75, 3.05) is 0 Å². The van der Waals surface area contributed by atoms with Crippen LogP contribution in [-0.2, 0) is 22.6 Å². The van der Waals surface area contributed by atoms with Crippen LogP contribution in [0, 0.1) is 6.92 Å². The van der Waals surface area contributed by atoms with Gasteiger partial charge in [0, 0.05) is 6.42 Å². The smallest absolute Gasteiger partial charge is 0.331 e. The van der Waals surface area contributed by atoms with E-state index in [9.17, 15) is 9.59 Å². The van der Waals surface area contributed by atoms with Crippen LogP contribution in [0.5, 0.6) is 0 Å². The van der Waals surface area contributed by atoms with Crippen LogP contribution in [0.15, 0.2) is 59.7 Å². The Morgan fingerprint density at radius 2 is 2.00 bits per heavy atom. The van der Waals surface area contributed by atoms with Crippen molar-refractivity contribution in [3.63, 3.8) is 0 Å². The number of esters is 1. The van der Waals surface area contributed by atoms with Crippen molar-refractivity contribution in [3.05, 3.63) is 82.2 Å². The predicted octanol–water partition coefficient (Wildman–Crippen LogP) is 1.75. The first kappa shape index (κ1) is 18.5. The zero-order valence-corrected chi connectivity index (χ0v) is 15.6. The average Bonchev–Trinajstić information content (AvgIpc) is 3.26. The molecule has 0 aliphatic carbocycles. The molecule has 0 unspecified atom stereocenters. The second kappa shape index (κ2) is 8.01. The number of benzene rings is 2. The summed E-state index contributed by atoms with van der Waals surface area (Å²) in [5.74, 6) is -0.242. The van der Waals surface area contributed by atoms with Crippen LogP contribution in [0.25, 0.3) is 10.9 Å². The van der Waals surface area contributed by atoms with Gasteiger partial charge in [0.1, 0.15) is 18.8 Å². The third kappa shape index (κ3) is 4.03. The number of hydrogen-bond acceptors (Lipinski definition) is 7. The number of nitrogens with zero attached hydrogens (tertiary/aromatic N) is 5. The molecule has 2 aromatic heterocycles. The second-order valence-electron chi connectivity index (χ2n) is 6.59. The average molecular weight is 390 g/mol. The van der Waals surface area contributed by atoms with E-state index >= 15 is 0 Å². The van der Waals surface area contributed by atoms with E-state index in [0.717, 1.165) is 11.1 Å². The zero-order chi connectivity index (χ0) is 20.2. The van der Waals surface area contributed by atoms with Gasteiger partial charge in [0.2, 0.25) is 0 Å². The highest BCUT2D eigenvalue weighted by Crippen LogP contribution is 2.16. The molecule has 9 nitrogen and oxygen atoms in total. The number of rotatable bonds is 6. The van der Waals surface area contributed by atoms with Gasteiger partial charge in [-0.1, -0.05) is 42.5 Å². The molecule has 4 aromatic rings. The lowest BCUT2D eigenvalue weighted by Crippen LogP contribution is -2.25. The highest BCUT2D eigenvalue weighted by atomic mass is 16.5. The minimum Gasteiger partial charge on any atom is -0.456 e. The summed E-state index contributed by atoms with van der Waals surface area (Å²) in [4.78, 5) is 32.2. The maximum Gasteiger partial charge on any atom is 0.331 e. The molecule has 0 bridgehead atoms. The van der Waals surface area contributed by atoms with Crippen LogP contribution in [0.2, 0.25) is 0 Å². The molecule has 0 radical (unpaired) electrons. The van der Waals surface area contributed by atoms with Gasteiger partial charge in [0.25, 0.3) is 5.56 Å². The largest absolute Gasteiger partial charge is 0.456 e. The Kier molecular flexibility index (Phi) is 5.10. The Bertz CT molecular complexity index is 1190. The number of ether oxygens (including phenoxy) is 1. The summed E-state index contributed by atoms with van der Waals surface area (Å²) in [7, 11) is 0. The minimum atomic E-state index is -0.735. The van der Waals surface area contributed by atoms with Gasteiger partial charge in [0.15, 0.2) is 6.04 Å². The molecular formula is C20H18N6O3. The van der Waals surface area contributed by atoms with Gasteiger partial charge in [-0.05, 0) is 34.5 Å². The Morgan fingerprint density at radius 1 is 1.17 bits per heavy atom. The van der Waals surface area contributed by atoms with Crippen LogP contribution in [0.4, 0.5) is 0 Å². The molecule has 0 amide bonds. The van der Waals surface area contributed by atoms with Gasteiger partial charge < -0.3 is 9.72 Å². The van der Waals surface area contributed by atoms with E-state index in [0.29, 0.717) is 17.3 Å². The van der Waals surface area contributed by atoms with E-state index in [1.54, 1.807) is 12.1 Å². The highest BCUT2D eigenvalue weighted by Gasteiger charge is 2.24. The number of hydrogen-bond donors (Lipinski definition) is 1. The third-order valence-corrected chi connectivity index (χ3v) is 4.57. The number of nitrogens with one attached hydrogen (secondary N) is 1. The molecular weight excluding hydrogens is 372 g/mol. The van der Waals surface area contributed by atoms with Gasteiger partial charge in [-0.3, -0.25) is 4.79 Å². The van der Waals surface area contributed by atoms with Gasteiger partial charge in [0.05, 0.1) is 10.9 Å². The van der Waals surface area contributed by atoms with Crippen LogP contribution in [-0.4, -0.2) is 36.1 Å². The molecule has 0 spiro atoms. The molecule has 2 aromatic carbocycles. The van der Waals surface area contributed by atoms with Crippen LogP contribution < -0.4 is 5.56 Å². The Balaban J connectivity index is 1.55. The Hall–Kier alpha value is -3.88. The van der Waals surface area contributed by atoms with Crippen LogP contribution in [0.3, 0.4) is 0 Å². The number of aryl methyl sites for hydroxylation is 1. The Labute approximate surface area is 165 Å². The minimum absolute atomic E-state index is 0.161. The van der Waals surface area contributed by atoms with Crippen molar-refractivity contribution in [1.82, 2.24) is 30.2 Å². The maximum atomic E-state index is 12.8. The lowest BCUT2D eigenvalue weighted by Gasteiger charge is -2.15. The van der Waals surface area contributed by atoms with Crippen molar-refractivity contribution < 1.29 is 9.53 Å². The Morgan fingerprint density at radius 3 is 2.76 bits per heavy atom. The molecule has 1 N–H and O–H groups in total. The molecule has 0 aliphatic heterocycles. The predicted molar refractivity (Wildman–Crippen MR) is 104 cm³/mol. The standard InChI is InChI=1S/C20H18N6O3/c1-13-6-5-9-15-18(13)22-17(23-19(15)27)11-29-20(28)16(26-12-21-24-25-26)10-14-7-3-2-4-8-14/h2-9,12,16H,10-11H2,1H3,(H,22,23,27)/t16-/m0/s1. The molecule has 2 heterocycles. The number of fused-ring (bicyclic) bond motifs is 1. The first-order valence-corrected chi connectivity index (χ1v) is 9.03. The molecule has 146 valence electrons. The van der Waals surface area contributed by atoms with E-state index in [1.165, 1.54) is 11.0 Å². The third-order valence-electron chi connectivity index (χ3n) is 4.57. The lowest BCUT2D eigenvalue weighted by molar-refractivity contribution is -0.149. The van der Waals surface area contributed by atoms with Crippen molar-refractivity contribution >= 4 is 16.9 Å². The van der Waals surface area contributed by atoms with E-state index in [1.807, 2.05) is 43.3 Å². The molecule has 0 aliphatic rings. The lowest BCUT2D eigenvalue weighted by atomic mass is 10.1. The first-order chi connectivity index (χ1) is 14.1. The summed E-state index contributed by atoms with van der Waals surface area (Å²) in [5, 5.41) is 11.5. The van der Waals surface area contributed by atoms with Crippen molar-refractivity contribution in [2.24, 2.45) is 0 Å². The second-order valence-corrected chi connectivity index (χ2v) is 6.59. The fourth-order valence-electron chi connectivity index (χ4n) is 3.09. The van der Waals surface area contributed by atoms with E-state index in [-0.39, 0.29) is 18.0 Å². The number of aromatic amines is 1. The number of tetrazole rings is 1. The van der Waals surface area contributed by atoms with Crippen LogP contribution >= 0.6 is 0 Å². The maximum absolute atomic E-state index is 12.8. The summed E-state index contributed by atoms with van der Waals surface area (Å²) in [6, 6.07) is 14.2. The zero-order valence-electron chi connectivity index (χ0n) is 15.6. The monoisotopic (exact) mass is 390 g/mol. The number of carbonyl (C=O) groups excluding carboxylic acids is 1. The van der Waals surface area contributed by atoms with E-state index < -0.39 is 12.0 Å². The number of H-pyrrole nitrogens is 1. The van der Waals surface area contributed by atoms with Crippen LogP contribution in [0.1, 0.15) is 23.0 Å². The van der Waals surface area contributed by atoms with Gasteiger partial charge in [-0.15, -0.1) is 5.10 Å². The van der Waals surface area contributed by atoms with E-state index in [4.69, 9.17) is 4.74 Å². The van der Waals surface area contributed by atoms with Crippen molar-refractivity contribution in [1.29, 1.82) is 0 Å². The molecule has 29 heavy (non-hydrogen) atoms. The highest BCUT2D eigenvalue weighted by molar-refractivity contribution is 5.80. The fourth-order valence-corrected chi connectivity index (χ4v) is 3.09. The molecule has 0 fully saturated rings. The number of aromatic nitrogens is 6. The normalized spacial score (nSPS) is 12.0. The van der Waals surface area contributed by atoms with Gasteiger partial charge in [-0.25, -0.2) is 14.5 Å². The molecule has 0 saturated carbocycles. The van der Waals surface area contributed by atoms with E-state index in [2.05, 4.69) is 25.5 Å². The molecule has 1 atom stereocenters. The number of carbonyl (C=O) groups is 1. The summed E-state index contributed by atoms with van der Waals surface area (Å²) < 4.78 is 6.80. The summed E-state index contributed by atoms with van der Waals surface area (Å²) in [6.45, 7) is 1.71. The fraction of sp³-hybridized carbons (Fsp3) is 0.200. The first-order valence-electron chi connectivity index (χ1n) is 9.03. The molecule has 4 rings (SSSR count). The molecule has 9 heteroatoms. The molecule has 0 saturated heterocycles. The van der Waals surface area contributed by atoms with Gasteiger partial charge in [-0.2, -0.15) is 0 Å².